The zero-order valence-corrected chi connectivity index (χ0v) is 19.2. The van der Waals surface area contributed by atoms with Crippen LogP contribution in [0.1, 0.15) is 11.4 Å². The summed E-state index contributed by atoms with van der Waals surface area (Å²) < 4.78 is 27.5. The normalized spacial score (nSPS) is 11.0. The van der Waals surface area contributed by atoms with Crippen molar-refractivity contribution in [2.45, 2.75) is 23.9 Å². The molecule has 3 rings (SSSR count). The van der Waals surface area contributed by atoms with Crippen molar-refractivity contribution in [3.63, 3.8) is 0 Å². The number of carbonyl (C=O) groups excluding carboxylic acids is 1. The number of rotatable bonds is 9. The second-order valence-electron chi connectivity index (χ2n) is 6.80. The minimum Gasteiger partial charge on any atom is -0.292 e. The summed E-state index contributed by atoms with van der Waals surface area (Å²) in [6.45, 7) is 3.64. The number of thioether (sulfide) groups is 1. The molecule has 172 valence electrons. The molecule has 1 amide bonds. The lowest BCUT2D eigenvalue weighted by Crippen LogP contribution is -2.31. The second-order valence-corrected chi connectivity index (χ2v) is 9.43. The zero-order chi connectivity index (χ0) is 24.0. The van der Waals surface area contributed by atoms with Gasteiger partial charge in [-0.05, 0) is 44.2 Å². The van der Waals surface area contributed by atoms with Crippen LogP contribution in [0, 0.1) is 24.0 Å². The van der Waals surface area contributed by atoms with Gasteiger partial charge in [-0.25, -0.2) is 18.4 Å². The van der Waals surface area contributed by atoms with Crippen LogP contribution in [0.25, 0.3) is 0 Å². The maximum atomic E-state index is 12.6. The average Bonchev–Trinajstić information content (AvgIpc) is 2.75. The first-order valence-electron chi connectivity index (χ1n) is 9.50. The van der Waals surface area contributed by atoms with Gasteiger partial charge in [-0.1, -0.05) is 30.0 Å². The van der Waals surface area contributed by atoms with Gasteiger partial charge in [0.1, 0.15) is 5.69 Å². The number of carbonyl (C=O) groups is 1. The van der Waals surface area contributed by atoms with Gasteiger partial charge in [0, 0.05) is 23.1 Å². The summed E-state index contributed by atoms with van der Waals surface area (Å²) in [6.07, 6.45) is 0. The number of nitrogens with one attached hydrogen (secondary N) is 3. The Kier molecular flexibility index (Phi) is 7.45. The fourth-order valence-corrected chi connectivity index (χ4v) is 4.54. The number of hydrogen-bond donors (Lipinski definition) is 3. The van der Waals surface area contributed by atoms with E-state index in [-0.39, 0.29) is 16.3 Å². The van der Waals surface area contributed by atoms with Crippen molar-refractivity contribution < 1.29 is 18.1 Å². The summed E-state index contributed by atoms with van der Waals surface area (Å²) in [4.78, 5) is 31.1. The highest BCUT2D eigenvalue weighted by molar-refractivity contribution is 7.99. The zero-order valence-electron chi connectivity index (χ0n) is 17.6. The lowest BCUT2D eigenvalue weighted by molar-refractivity contribution is -0.384. The van der Waals surface area contributed by atoms with Crippen LogP contribution in [0.5, 0.6) is 0 Å². The van der Waals surface area contributed by atoms with E-state index < -0.39 is 26.5 Å². The number of hydrogen-bond acceptors (Lipinski definition) is 9. The smallest absolute Gasteiger partial charge is 0.292 e. The number of anilines is 2. The van der Waals surface area contributed by atoms with Gasteiger partial charge in [-0.2, -0.15) is 0 Å². The van der Waals surface area contributed by atoms with Crippen LogP contribution >= 0.6 is 11.8 Å². The van der Waals surface area contributed by atoms with E-state index in [9.17, 15) is 23.3 Å². The highest BCUT2D eigenvalue weighted by atomic mass is 32.2. The van der Waals surface area contributed by atoms with Crippen molar-refractivity contribution in [2.75, 3.05) is 15.9 Å². The molecule has 0 spiro atoms. The monoisotopic (exact) mass is 488 g/mol. The number of benzene rings is 2. The Labute approximate surface area is 194 Å². The molecule has 2 aromatic carbocycles. The second kappa shape index (κ2) is 10.3. The van der Waals surface area contributed by atoms with E-state index in [1.807, 2.05) is 19.9 Å². The predicted octanol–water partition coefficient (Wildman–Crippen LogP) is 3.04. The third-order valence-electron chi connectivity index (χ3n) is 4.13. The molecule has 1 heterocycles. The first-order valence-corrected chi connectivity index (χ1v) is 12.0. The van der Waals surface area contributed by atoms with Crippen LogP contribution < -0.4 is 15.6 Å². The first kappa shape index (κ1) is 23.9. The van der Waals surface area contributed by atoms with Gasteiger partial charge in [0.15, 0.2) is 5.16 Å². The number of sulfonamides is 1. The Morgan fingerprint density at radius 1 is 1.06 bits per heavy atom. The molecule has 11 nitrogen and oxygen atoms in total. The summed E-state index contributed by atoms with van der Waals surface area (Å²) in [5, 5.41) is 11.9. The molecule has 0 atom stereocenters. The number of aromatic nitrogens is 2. The van der Waals surface area contributed by atoms with Crippen LogP contribution in [0.15, 0.2) is 64.6 Å². The van der Waals surface area contributed by atoms with E-state index in [0.717, 1.165) is 29.2 Å². The lowest BCUT2D eigenvalue weighted by Gasteiger charge is -2.11. The summed E-state index contributed by atoms with van der Waals surface area (Å²) in [5.74, 6) is -0.503. The molecule has 0 aliphatic heterocycles. The number of nitrogens with zero attached hydrogens (tertiary/aromatic N) is 3. The number of para-hydroxylation sites is 1. The number of amides is 1. The van der Waals surface area contributed by atoms with E-state index in [1.54, 1.807) is 30.3 Å². The molecule has 3 N–H and O–H groups in total. The largest absolute Gasteiger partial charge is 0.295 e. The fourth-order valence-electron chi connectivity index (χ4n) is 2.72. The molecule has 0 radical (unpaired) electrons. The molecule has 0 aliphatic carbocycles. The third kappa shape index (κ3) is 6.63. The van der Waals surface area contributed by atoms with E-state index >= 15 is 0 Å². The molecule has 13 heteroatoms. The number of aryl methyl sites for hydroxylation is 2. The molecular weight excluding hydrogens is 468 g/mol. The fraction of sp³-hybridized carbons (Fsp3) is 0.150. The highest BCUT2D eigenvalue weighted by Gasteiger charge is 2.22. The minimum absolute atomic E-state index is 0.0306. The number of nitro groups is 1. The summed E-state index contributed by atoms with van der Waals surface area (Å²) in [5.41, 5.74) is 6.11. The molecule has 1 aromatic heterocycles. The van der Waals surface area contributed by atoms with Crippen LogP contribution in [0.2, 0.25) is 0 Å². The van der Waals surface area contributed by atoms with Crippen molar-refractivity contribution in [3.8, 4) is 0 Å². The molecule has 0 aliphatic rings. The predicted molar refractivity (Wildman–Crippen MR) is 124 cm³/mol. The van der Waals surface area contributed by atoms with Crippen molar-refractivity contribution in [2.24, 2.45) is 0 Å². The quantitative estimate of drug-likeness (QED) is 0.178. The van der Waals surface area contributed by atoms with Crippen molar-refractivity contribution in [3.05, 3.63) is 76.1 Å². The Morgan fingerprint density at radius 2 is 1.73 bits per heavy atom. The van der Waals surface area contributed by atoms with Crippen LogP contribution in [0.4, 0.5) is 17.1 Å². The maximum Gasteiger partial charge on any atom is 0.295 e. The SMILES string of the molecule is Cc1cc(C)nc(SCC(=O)NNc2ccc(S(=O)(=O)Nc3ccccc3)cc2[N+](=O)[O-])n1. The first-order chi connectivity index (χ1) is 15.6. The Balaban J connectivity index is 1.68. The van der Waals surface area contributed by atoms with E-state index in [0.29, 0.717) is 10.8 Å². The van der Waals surface area contributed by atoms with E-state index in [2.05, 4.69) is 25.5 Å². The topological polar surface area (TPSA) is 156 Å². The maximum absolute atomic E-state index is 12.6. The van der Waals surface area contributed by atoms with Crippen molar-refractivity contribution in [1.29, 1.82) is 0 Å². The Bertz CT molecular complexity index is 1270. The van der Waals surface area contributed by atoms with E-state index in [4.69, 9.17) is 0 Å². The molecule has 0 saturated heterocycles. The van der Waals surface area contributed by atoms with Gasteiger partial charge in [-0.15, -0.1) is 0 Å². The highest BCUT2D eigenvalue weighted by Crippen LogP contribution is 2.28. The van der Waals surface area contributed by atoms with Crippen molar-refractivity contribution >= 4 is 44.8 Å². The minimum atomic E-state index is -4.05. The standard InChI is InChI=1S/C20H20N6O5S2/c1-13-10-14(2)22-20(21-13)32-12-19(27)24-23-17-9-8-16(11-18(17)26(28)29)33(30,31)25-15-6-4-3-5-7-15/h3-11,23,25H,12H2,1-2H3,(H,24,27). The number of nitro benzene ring substituents is 1. The summed E-state index contributed by atoms with van der Waals surface area (Å²) in [6, 6.07) is 13.3. The molecule has 0 bridgehead atoms. The molecule has 0 unspecified atom stereocenters. The van der Waals surface area contributed by atoms with Crippen LogP contribution in [-0.4, -0.2) is 35.0 Å². The van der Waals surface area contributed by atoms with Gasteiger partial charge in [-0.3, -0.25) is 30.5 Å². The average molecular weight is 489 g/mol. The van der Waals surface area contributed by atoms with Crippen LogP contribution in [-0.2, 0) is 14.8 Å². The van der Waals surface area contributed by atoms with Gasteiger partial charge in [0.2, 0.25) is 5.91 Å². The van der Waals surface area contributed by atoms with Crippen LogP contribution in [0.3, 0.4) is 0 Å². The molecule has 33 heavy (non-hydrogen) atoms. The molecule has 0 saturated carbocycles. The third-order valence-corrected chi connectivity index (χ3v) is 6.36. The summed E-state index contributed by atoms with van der Waals surface area (Å²) in [7, 11) is -4.05. The van der Waals surface area contributed by atoms with Gasteiger partial charge in [0.05, 0.1) is 15.6 Å². The number of hydrazine groups is 1. The Hall–Kier alpha value is -3.71. The van der Waals surface area contributed by atoms with E-state index in [1.165, 1.54) is 12.1 Å². The molecule has 0 fully saturated rings. The van der Waals surface area contributed by atoms with Gasteiger partial charge in [0.25, 0.3) is 15.7 Å². The molecular formula is C20H20N6O5S2. The Morgan fingerprint density at radius 3 is 2.36 bits per heavy atom. The van der Waals surface area contributed by atoms with Gasteiger partial charge < -0.3 is 0 Å². The molecule has 3 aromatic rings. The summed E-state index contributed by atoms with van der Waals surface area (Å²) >= 11 is 1.11. The lowest BCUT2D eigenvalue weighted by atomic mass is 10.3. The van der Waals surface area contributed by atoms with Crippen molar-refractivity contribution in [1.82, 2.24) is 15.4 Å². The van der Waals surface area contributed by atoms with Gasteiger partial charge >= 0.3 is 0 Å².